The van der Waals surface area contributed by atoms with Crippen molar-refractivity contribution < 1.29 is 0 Å². The molecule has 2 nitrogen and oxygen atoms in total. The van der Waals surface area contributed by atoms with Gasteiger partial charge in [0, 0.05) is 12.6 Å². The summed E-state index contributed by atoms with van der Waals surface area (Å²) in [5.41, 5.74) is 0. The molecular formula is C9H18N2. The Morgan fingerprint density at radius 3 is 3.18 bits per heavy atom. The van der Waals surface area contributed by atoms with Crippen molar-refractivity contribution in [1.82, 2.24) is 10.6 Å². The third-order valence-electron chi connectivity index (χ3n) is 2.12. The van der Waals surface area contributed by atoms with E-state index < -0.39 is 0 Å². The van der Waals surface area contributed by atoms with Crippen LogP contribution in [0.15, 0.2) is 12.7 Å². The molecule has 1 unspecified atom stereocenters. The van der Waals surface area contributed by atoms with Gasteiger partial charge in [0.2, 0.25) is 0 Å². The van der Waals surface area contributed by atoms with Crippen LogP contribution in [-0.4, -0.2) is 25.7 Å². The second-order valence-electron chi connectivity index (χ2n) is 3.07. The predicted octanol–water partition coefficient (Wildman–Crippen LogP) is 0.904. The lowest BCUT2D eigenvalue weighted by Crippen LogP contribution is -2.27. The zero-order valence-electron chi connectivity index (χ0n) is 7.10. The third-order valence-corrected chi connectivity index (χ3v) is 2.12. The van der Waals surface area contributed by atoms with Gasteiger partial charge in [0.25, 0.3) is 0 Å². The summed E-state index contributed by atoms with van der Waals surface area (Å²) in [5.74, 6) is 0. The Hall–Kier alpha value is -0.340. The Bertz CT molecular complexity index is 106. The van der Waals surface area contributed by atoms with Gasteiger partial charge in [0.15, 0.2) is 0 Å². The van der Waals surface area contributed by atoms with Gasteiger partial charge in [-0.25, -0.2) is 0 Å². The van der Waals surface area contributed by atoms with Crippen LogP contribution in [0.25, 0.3) is 0 Å². The van der Waals surface area contributed by atoms with Gasteiger partial charge < -0.3 is 10.6 Å². The Kier molecular flexibility index (Phi) is 4.24. The first-order valence-corrected chi connectivity index (χ1v) is 4.48. The fourth-order valence-corrected chi connectivity index (χ4v) is 1.48. The maximum Gasteiger partial charge on any atom is 0.0132 e. The molecule has 0 aromatic heterocycles. The van der Waals surface area contributed by atoms with E-state index in [9.17, 15) is 0 Å². The lowest BCUT2D eigenvalue weighted by molar-refractivity contribution is 0.535. The molecule has 1 aliphatic rings. The van der Waals surface area contributed by atoms with Gasteiger partial charge in [-0.2, -0.15) is 0 Å². The lowest BCUT2D eigenvalue weighted by atomic mass is 10.1. The van der Waals surface area contributed by atoms with Gasteiger partial charge >= 0.3 is 0 Å². The molecule has 0 aliphatic carbocycles. The van der Waals surface area contributed by atoms with E-state index in [1.165, 1.54) is 25.8 Å². The Morgan fingerprint density at radius 2 is 2.55 bits per heavy atom. The van der Waals surface area contributed by atoms with Crippen molar-refractivity contribution >= 4 is 0 Å². The monoisotopic (exact) mass is 154 g/mol. The summed E-state index contributed by atoms with van der Waals surface area (Å²) in [6.07, 6.45) is 5.87. The van der Waals surface area contributed by atoms with Crippen LogP contribution >= 0.6 is 0 Å². The van der Waals surface area contributed by atoms with Crippen molar-refractivity contribution in [2.45, 2.75) is 25.3 Å². The molecule has 1 aliphatic heterocycles. The highest BCUT2D eigenvalue weighted by Crippen LogP contribution is 2.07. The maximum atomic E-state index is 3.65. The normalized spacial score (nSPS) is 23.8. The first-order valence-electron chi connectivity index (χ1n) is 4.48. The Morgan fingerprint density at radius 1 is 1.64 bits per heavy atom. The molecule has 1 heterocycles. The first kappa shape index (κ1) is 8.75. The lowest BCUT2D eigenvalue weighted by Gasteiger charge is -2.09. The summed E-state index contributed by atoms with van der Waals surface area (Å²) in [4.78, 5) is 0. The molecule has 1 atom stereocenters. The number of rotatable bonds is 5. The number of hydrogen-bond acceptors (Lipinski definition) is 2. The van der Waals surface area contributed by atoms with Gasteiger partial charge in [-0.3, -0.25) is 0 Å². The molecule has 0 bridgehead atoms. The molecule has 0 aromatic carbocycles. The number of nitrogens with one attached hydrogen (secondary N) is 2. The van der Waals surface area contributed by atoms with E-state index >= 15 is 0 Å². The molecule has 64 valence electrons. The van der Waals surface area contributed by atoms with Crippen molar-refractivity contribution in [2.24, 2.45) is 0 Å². The Balaban J connectivity index is 1.89. The van der Waals surface area contributed by atoms with Crippen molar-refractivity contribution in [3.8, 4) is 0 Å². The molecule has 11 heavy (non-hydrogen) atoms. The van der Waals surface area contributed by atoms with E-state index in [4.69, 9.17) is 0 Å². The summed E-state index contributed by atoms with van der Waals surface area (Å²) >= 11 is 0. The second-order valence-corrected chi connectivity index (χ2v) is 3.07. The fraction of sp³-hybridized carbons (Fsp3) is 0.778. The molecule has 1 saturated heterocycles. The predicted molar refractivity (Wildman–Crippen MR) is 48.7 cm³/mol. The van der Waals surface area contributed by atoms with E-state index in [1.54, 1.807) is 0 Å². The van der Waals surface area contributed by atoms with Gasteiger partial charge in [-0.05, 0) is 32.4 Å². The zero-order valence-corrected chi connectivity index (χ0v) is 7.10. The average Bonchev–Trinajstić information content (AvgIpc) is 2.50. The van der Waals surface area contributed by atoms with Crippen LogP contribution in [0.4, 0.5) is 0 Å². The fourth-order valence-electron chi connectivity index (χ4n) is 1.48. The maximum absolute atomic E-state index is 3.65. The van der Waals surface area contributed by atoms with Crippen molar-refractivity contribution in [1.29, 1.82) is 0 Å². The van der Waals surface area contributed by atoms with E-state index in [2.05, 4.69) is 17.2 Å². The number of hydrogen-bond donors (Lipinski definition) is 2. The largest absolute Gasteiger partial charge is 0.314 e. The summed E-state index contributed by atoms with van der Waals surface area (Å²) < 4.78 is 0. The van der Waals surface area contributed by atoms with Crippen molar-refractivity contribution in [3.63, 3.8) is 0 Å². The van der Waals surface area contributed by atoms with E-state index in [0.717, 1.165) is 19.1 Å². The summed E-state index contributed by atoms with van der Waals surface area (Å²) in [6, 6.07) is 0.771. The minimum absolute atomic E-state index is 0.771. The van der Waals surface area contributed by atoms with Crippen LogP contribution in [0.3, 0.4) is 0 Å². The quantitative estimate of drug-likeness (QED) is 0.454. The molecule has 0 aromatic rings. The third kappa shape index (κ3) is 3.54. The zero-order chi connectivity index (χ0) is 7.94. The standard InChI is InChI=1S/C9H18N2/c1-2-6-10-8-5-9-4-3-7-11-9/h2,9-11H,1,3-8H2. The smallest absolute Gasteiger partial charge is 0.0132 e. The highest BCUT2D eigenvalue weighted by Gasteiger charge is 2.12. The summed E-state index contributed by atoms with van der Waals surface area (Å²) in [7, 11) is 0. The molecule has 1 rings (SSSR count). The molecule has 2 heteroatoms. The Labute approximate surface area is 69.1 Å². The van der Waals surface area contributed by atoms with Gasteiger partial charge in [-0.15, -0.1) is 6.58 Å². The highest BCUT2D eigenvalue weighted by molar-refractivity contribution is 4.76. The van der Waals surface area contributed by atoms with Gasteiger partial charge in [0.1, 0.15) is 0 Å². The molecule has 0 amide bonds. The van der Waals surface area contributed by atoms with Crippen molar-refractivity contribution in [2.75, 3.05) is 19.6 Å². The molecule has 0 spiro atoms. The minimum atomic E-state index is 0.771. The van der Waals surface area contributed by atoms with Gasteiger partial charge in [0.05, 0.1) is 0 Å². The minimum Gasteiger partial charge on any atom is -0.314 e. The van der Waals surface area contributed by atoms with Crippen molar-refractivity contribution in [3.05, 3.63) is 12.7 Å². The van der Waals surface area contributed by atoms with Crippen LogP contribution in [0.1, 0.15) is 19.3 Å². The second kappa shape index (κ2) is 5.33. The highest BCUT2D eigenvalue weighted by atomic mass is 14.9. The molecule has 1 fully saturated rings. The SMILES string of the molecule is C=CCNCCC1CCCN1. The average molecular weight is 154 g/mol. The molecule has 2 N–H and O–H groups in total. The van der Waals surface area contributed by atoms with E-state index in [1.807, 2.05) is 6.08 Å². The summed E-state index contributed by atoms with van der Waals surface area (Å²) in [6.45, 7) is 6.92. The van der Waals surface area contributed by atoms with Gasteiger partial charge in [-0.1, -0.05) is 6.08 Å². The topological polar surface area (TPSA) is 24.1 Å². The van der Waals surface area contributed by atoms with E-state index in [0.29, 0.717) is 0 Å². The van der Waals surface area contributed by atoms with Crippen LogP contribution in [0.5, 0.6) is 0 Å². The molecule has 0 radical (unpaired) electrons. The first-order chi connectivity index (χ1) is 5.43. The van der Waals surface area contributed by atoms with Crippen LogP contribution in [0, 0.1) is 0 Å². The van der Waals surface area contributed by atoms with E-state index in [-0.39, 0.29) is 0 Å². The molecular weight excluding hydrogens is 136 g/mol. The molecule has 0 saturated carbocycles. The van der Waals surface area contributed by atoms with Crippen LogP contribution in [0.2, 0.25) is 0 Å². The summed E-state index contributed by atoms with van der Waals surface area (Å²) in [5, 5.41) is 6.77. The van der Waals surface area contributed by atoms with Crippen LogP contribution < -0.4 is 10.6 Å². The van der Waals surface area contributed by atoms with Crippen LogP contribution in [-0.2, 0) is 0 Å².